The molecule has 0 unspecified atom stereocenters. The van der Waals surface area contributed by atoms with E-state index in [0.29, 0.717) is 11.3 Å². The largest absolute Gasteiger partial charge is 0.322 e. The third-order valence-electron chi connectivity index (χ3n) is 3.61. The quantitative estimate of drug-likeness (QED) is 0.874. The summed E-state index contributed by atoms with van der Waals surface area (Å²) in [5, 5.41) is 2.75. The van der Waals surface area contributed by atoms with Gasteiger partial charge in [-0.15, -0.1) is 0 Å². The van der Waals surface area contributed by atoms with Gasteiger partial charge in [0.2, 0.25) is 10.0 Å². The van der Waals surface area contributed by atoms with E-state index in [1.165, 1.54) is 12.1 Å². The molecule has 0 spiro atoms. The smallest absolute Gasteiger partial charge is 0.255 e. The number of nitrogens with one attached hydrogen (secondary N) is 2. The zero-order valence-electron chi connectivity index (χ0n) is 15.2. The summed E-state index contributed by atoms with van der Waals surface area (Å²) in [6, 6.07) is 11.7. The summed E-state index contributed by atoms with van der Waals surface area (Å²) in [6.45, 7) is 9.24. The predicted molar refractivity (Wildman–Crippen MR) is 100 cm³/mol. The minimum atomic E-state index is -3.65. The second-order valence-electron chi connectivity index (χ2n) is 7.14. The van der Waals surface area contributed by atoms with Crippen molar-refractivity contribution in [3.63, 3.8) is 0 Å². The van der Waals surface area contributed by atoms with E-state index in [1.54, 1.807) is 39.0 Å². The Morgan fingerprint density at radius 1 is 0.960 bits per heavy atom. The molecule has 134 valence electrons. The van der Waals surface area contributed by atoms with Crippen LogP contribution in [0.5, 0.6) is 0 Å². The molecule has 2 N–H and O–H groups in total. The number of hydrogen-bond acceptors (Lipinski definition) is 3. The molecule has 0 saturated carbocycles. The van der Waals surface area contributed by atoms with Crippen LogP contribution in [0.1, 0.15) is 42.3 Å². The number of hydrogen-bond donors (Lipinski definition) is 2. The molecule has 25 heavy (non-hydrogen) atoms. The molecule has 0 atom stereocenters. The van der Waals surface area contributed by atoms with Crippen molar-refractivity contribution in [2.75, 3.05) is 5.32 Å². The molecule has 0 aliphatic rings. The fourth-order valence-corrected chi connectivity index (χ4v) is 3.75. The fraction of sp³-hybridized carbons (Fsp3) is 0.316. The summed E-state index contributed by atoms with van der Waals surface area (Å²) in [6.07, 6.45) is 0. The van der Waals surface area contributed by atoms with Crippen LogP contribution in [-0.2, 0) is 10.0 Å². The van der Waals surface area contributed by atoms with Crippen LogP contribution in [-0.4, -0.2) is 19.9 Å². The molecular weight excluding hydrogens is 336 g/mol. The first-order chi connectivity index (χ1) is 11.5. The topological polar surface area (TPSA) is 75.3 Å². The van der Waals surface area contributed by atoms with E-state index in [0.717, 1.165) is 11.1 Å². The highest BCUT2D eigenvalue weighted by atomic mass is 32.2. The molecule has 0 heterocycles. The standard InChI is InChI=1S/C19H24N2O3S/c1-13-9-10-15(11-14(13)2)18(22)20-16-7-6-8-17(12-16)25(23,24)21-19(3,4)5/h6-12,21H,1-5H3,(H,20,22). The summed E-state index contributed by atoms with van der Waals surface area (Å²) < 4.78 is 27.4. The molecule has 0 fully saturated rings. The van der Waals surface area contributed by atoms with Crippen LogP contribution in [0.4, 0.5) is 5.69 Å². The van der Waals surface area contributed by atoms with E-state index >= 15 is 0 Å². The van der Waals surface area contributed by atoms with Crippen LogP contribution in [0.2, 0.25) is 0 Å². The lowest BCUT2D eigenvalue weighted by Crippen LogP contribution is -2.40. The first kappa shape index (κ1) is 19.1. The van der Waals surface area contributed by atoms with Crippen LogP contribution >= 0.6 is 0 Å². The van der Waals surface area contributed by atoms with E-state index in [-0.39, 0.29) is 10.8 Å². The molecule has 0 aromatic heterocycles. The Bertz CT molecular complexity index is 897. The highest BCUT2D eigenvalue weighted by molar-refractivity contribution is 7.89. The summed E-state index contributed by atoms with van der Waals surface area (Å²) in [7, 11) is -3.65. The Kier molecular flexibility index (Phi) is 5.34. The lowest BCUT2D eigenvalue weighted by atomic mass is 10.1. The number of rotatable bonds is 4. The predicted octanol–water partition coefficient (Wildman–Crippen LogP) is 3.63. The van der Waals surface area contributed by atoms with Gasteiger partial charge in [-0.25, -0.2) is 13.1 Å². The maximum Gasteiger partial charge on any atom is 0.255 e. The summed E-state index contributed by atoms with van der Waals surface area (Å²) in [5.74, 6) is -0.276. The number of carbonyl (C=O) groups excluding carboxylic acids is 1. The number of benzene rings is 2. The molecule has 2 rings (SSSR count). The van der Waals surface area contributed by atoms with Gasteiger partial charge in [-0.1, -0.05) is 12.1 Å². The Morgan fingerprint density at radius 3 is 2.24 bits per heavy atom. The second kappa shape index (κ2) is 6.98. The number of amides is 1. The van der Waals surface area contributed by atoms with Crippen LogP contribution < -0.4 is 10.0 Å². The lowest BCUT2D eigenvalue weighted by Gasteiger charge is -2.20. The average molecular weight is 360 g/mol. The molecule has 6 heteroatoms. The highest BCUT2D eigenvalue weighted by Gasteiger charge is 2.22. The molecule has 1 amide bonds. The molecule has 2 aromatic rings. The highest BCUT2D eigenvalue weighted by Crippen LogP contribution is 2.19. The molecule has 0 radical (unpaired) electrons. The van der Waals surface area contributed by atoms with E-state index < -0.39 is 15.6 Å². The van der Waals surface area contributed by atoms with Crippen LogP contribution in [0.25, 0.3) is 0 Å². The van der Waals surface area contributed by atoms with Crippen molar-refractivity contribution < 1.29 is 13.2 Å². The molecule has 0 aliphatic heterocycles. The van der Waals surface area contributed by atoms with Gasteiger partial charge in [0.1, 0.15) is 0 Å². The van der Waals surface area contributed by atoms with Crippen molar-refractivity contribution in [3.8, 4) is 0 Å². The van der Waals surface area contributed by atoms with Gasteiger partial charge >= 0.3 is 0 Å². The van der Waals surface area contributed by atoms with Gasteiger partial charge in [-0.2, -0.15) is 0 Å². The molecule has 0 saturated heterocycles. The Balaban J connectivity index is 2.24. The second-order valence-corrected chi connectivity index (χ2v) is 8.82. The van der Waals surface area contributed by atoms with Crippen molar-refractivity contribution in [3.05, 3.63) is 59.2 Å². The van der Waals surface area contributed by atoms with E-state index in [1.807, 2.05) is 26.0 Å². The van der Waals surface area contributed by atoms with Crippen molar-refractivity contribution in [1.29, 1.82) is 0 Å². The van der Waals surface area contributed by atoms with Crippen LogP contribution in [0.15, 0.2) is 47.4 Å². The minimum Gasteiger partial charge on any atom is -0.322 e. The van der Waals surface area contributed by atoms with Gasteiger partial charge in [-0.3, -0.25) is 4.79 Å². The van der Waals surface area contributed by atoms with Crippen LogP contribution in [0.3, 0.4) is 0 Å². The maximum atomic E-state index is 12.4. The lowest BCUT2D eigenvalue weighted by molar-refractivity contribution is 0.102. The first-order valence-corrected chi connectivity index (χ1v) is 9.49. The first-order valence-electron chi connectivity index (χ1n) is 8.01. The number of aryl methyl sites for hydroxylation is 2. The normalized spacial score (nSPS) is 12.0. The fourth-order valence-electron chi connectivity index (χ4n) is 2.29. The van der Waals surface area contributed by atoms with Gasteiger partial charge in [-0.05, 0) is 76.1 Å². The summed E-state index contributed by atoms with van der Waals surface area (Å²) >= 11 is 0. The van der Waals surface area contributed by atoms with Crippen molar-refractivity contribution >= 4 is 21.6 Å². The van der Waals surface area contributed by atoms with Crippen molar-refractivity contribution in [2.45, 2.75) is 45.1 Å². The third-order valence-corrected chi connectivity index (χ3v) is 5.37. The summed E-state index contributed by atoms with van der Waals surface area (Å²) in [4.78, 5) is 12.5. The average Bonchev–Trinajstić information content (AvgIpc) is 2.48. The molecule has 0 bridgehead atoms. The molecule has 0 aliphatic carbocycles. The van der Waals surface area contributed by atoms with Gasteiger partial charge in [0.05, 0.1) is 4.90 Å². The molecule has 2 aromatic carbocycles. The SMILES string of the molecule is Cc1ccc(C(=O)Nc2cccc(S(=O)(=O)NC(C)(C)C)c2)cc1C. The zero-order valence-corrected chi connectivity index (χ0v) is 16.0. The van der Waals surface area contributed by atoms with Crippen molar-refractivity contribution in [2.24, 2.45) is 0 Å². The van der Waals surface area contributed by atoms with Crippen molar-refractivity contribution in [1.82, 2.24) is 4.72 Å². The number of sulfonamides is 1. The molecular formula is C19H24N2O3S. The molecule has 5 nitrogen and oxygen atoms in total. The maximum absolute atomic E-state index is 12.4. The minimum absolute atomic E-state index is 0.111. The van der Waals surface area contributed by atoms with E-state index in [2.05, 4.69) is 10.0 Å². The Morgan fingerprint density at radius 2 is 1.64 bits per heavy atom. The van der Waals surface area contributed by atoms with E-state index in [4.69, 9.17) is 0 Å². The Hall–Kier alpha value is -2.18. The monoisotopic (exact) mass is 360 g/mol. The van der Waals surface area contributed by atoms with Crippen LogP contribution in [0, 0.1) is 13.8 Å². The van der Waals surface area contributed by atoms with E-state index in [9.17, 15) is 13.2 Å². The van der Waals surface area contributed by atoms with Gasteiger partial charge < -0.3 is 5.32 Å². The Labute approximate surface area is 149 Å². The van der Waals surface area contributed by atoms with Gasteiger partial charge in [0.15, 0.2) is 0 Å². The van der Waals surface area contributed by atoms with Gasteiger partial charge in [0.25, 0.3) is 5.91 Å². The third kappa shape index (κ3) is 5.14. The number of anilines is 1. The zero-order chi connectivity index (χ0) is 18.8. The summed E-state index contributed by atoms with van der Waals surface area (Å²) in [5.41, 5.74) is 2.51. The number of carbonyl (C=O) groups is 1. The van der Waals surface area contributed by atoms with Gasteiger partial charge in [0, 0.05) is 16.8 Å².